The summed E-state index contributed by atoms with van der Waals surface area (Å²) < 4.78 is 13.0. The van der Waals surface area contributed by atoms with E-state index in [1.54, 1.807) is 12.1 Å². The van der Waals surface area contributed by atoms with Crippen LogP contribution in [0.15, 0.2) is 29.4 Å². The summed E-state index contributed by atoms with van der Waals surface area (Å²) in [5.74, 6) is -1.65. The monoisotopic (exact) mass is 322 g/mol. The van der Waals surface area contributed by atoms with Crippen molar-refractivity contribution < 1.29 is 23.9 Å². The molecule has 2 rings (SSSR count). The Balaban J connectivity index is 2.05. The molecule has 1 aliphatic rings. The number of benzene rings is 1. The molecule has 0 bridgehead atoms. The molecule has 1 atom stereocenters. The zero-order valence-corrected chi connectivity index (χ0v) is 12.9. The first-order valence-electron chi connectivity index (χ1n) is 7.46. The van der Waals surface area contributed by atoms with E-state index in [-0.39, 0.29) is 31.2 Å². The van der Waals surface area contributed by atoms with Crippen molar-refractivity contribution in [2.24, 2.45) is 5.16 Å². The fraction of sp³-hybridized carbons (Fsp3) is 0.438. The van der Waals surface area contributed by atoms with Gasteiger partial charge in [0.2, 0.25) is 6.10 Å². The minimum atomic E-state index is -0.986. The normalized spacial score (nSPS) is 16.6. The number of rotatable bonds is 7. The Morgan fingerprint density at radius 3 is 2.65 bits per heavy atom. The van der Waals surface area contributed by atoms with Gasteiger partial charge in [-0.15, -0.1) is 0 Å². The Bertz CT molecular complexity index is 601. The zero-order chi connectivity index (χ0) is 16.8. The van der Waals surface area contributed by atoms with Crippen molar-refractivity contribution >= 4 is 17.6 Å². The van der Waals surface area contributed by atoms with Crippen molar-refractivity contribution in [2.45, 2.75) is 38.8 Å². The Kier molecular flexibility index (Phi) is 5.67. The van der Waals surface area contributed by atoms with Crippen molar-refractivity contribution in [3.63, 3.8) is 0 Å². The molecule has 1 aliphatic heterocycles. The molecular weight excluding hydrogens is 303 g/mol. The van der Waals surface area contributed by atoms with E-state index in [1.807, 2.05) is 6.92 Å². The average molecular weight is 322 g/mol. The van der Waals surface area contributed by atoms with E-state index < -0.39 is 12.1 Å². The highest BCUT2D eigenvalue weighted by Crippen LogP contribution is 2.17. The lowest BCUT2D eigenvalue weighted by Crippen LogP contribution is -2.40. The first-order chi connectivity index (χ1) is 11.0. The highest BCUT2D eigenvalue weighted by molar-refractivity contribution is 5.92. The number of amides is 1. The minimum Gasteiger partial charge on any atom is -0.481 e. The van der Waals surface area contributed by atoms with Crippen molar-refractivity contribution in [1.82, 2.24) is 4.90 Å². The van der Waals surface area contributed by atoms with E-state index in [4.69, 9.17) is 9.94 Å². The number of aliphatic carboxylic acids is 1. The van der Waals surface area contributed by atoms with Crippen LogP contribution >= 0.6 is 0 Å². The second-order valence-corrected chi connectivity index (χ2v) is 5.34. The fourth-order valence-electron chi connectivity index (χ4n) is 2.28. The molecule has 1 aromatic rings. The number of halogens is 1. The number of carbonyl (C=O) groups excluding carboxylic acids is 1. The summed E-state index contributed by atoms with van der Waals surface area (Å²) in [5, 5.41) is 12.7. The van der Waals surface area contributed by atoms with Gasteiger partial charge in [-0.05, 0) is 24.1 Å². The van der Waals surface area contributed by atoms with Crippen LogP contribution in [0.4, 0.5) is 4.39 Å². The smallest absolute Gasteiger partial charge is 0.305 e. The summed E-state index contributed by atoms with van der Waals surface area (Å²) in [6, 6.07) is 5.75. The lowest BCUT2D eigenvalue weighted by molar-refractivity contribution is -0.144. The molecule has 23 heavy (non-hydrogen) atoms. The van der Waals surface area contributed by atoms with Crippen LogP contribution in [-0.2, 0) is 21.0 Å². The second-order valence-electron chi connectivity index (χ2n) is 5.34. The molecule has 124 valence electrons. The third kappa shape index (κ3) is 4.77. The Labute approximate surface area is 133 Å². The van der Waals surface area contributed by atoms with Crippen molar-refractivity contribution in [3.8, 4) is 0 Å². The van der Waals surface area contributed by atoms with E-state index in [9.17, 15) is 14.0 Å². The summed E-state index contributed by atoms with van der Waals surface area (Å²) in [7, 11) is 0. The van der Waals surface area contributed by atoms with E-state index in [0.29, 0.717) is 12.8 Å². The topological polar surface area (TPSA) is 79.2 Å². The molecule has 0 saturated carbocycles. The Morgan fingerprint density at radius 2 is 2.09 bits per heavy atom. The summed E-state index contributed by atoms with van der Waals surface area (Å²) in [4.78, 5) is 29.9. The Hall–Kier alpha value is -2.44. The number of hydrogen-bond acceptors (Lipinski definition) is 4. The number of hydrogen-bond donors (Lipinski definition) is 1. The maximum absolute atomic E-state index is 13.0. The summed E-state index contributed by atoms with van der Waals surface area (Å²) in [6.45, 7) is 2.19. The molecule has 1 heterocycles. The number of carboxylic acid groups (broad SMARTS) is 1. The Morgan fingerprint density at radius 1 is 1.39 bits per heavy atom. The fourth-order valence-corrected chi connectivity index (χ4v) is 2.28. The van der Waals surface area contributed by atoms with Crippen molar-refractivity contribution in [1.29, 1.82) is 0 Å². The molecule has 0 aromatic heterocycles. The molecule has 0 fully saturated rings. The van der Waals surface area contributed by atoms with Crippen molar-refractivity contribution in [3.05, 3.63) is 35.6 Å². The molecule has 0 radical (unpaired) electrons. The first kappa shape index (κ1) is 16.9. The molecule has 1 aromatic carbocycles. The summed E-state index contributed by atoms with van der Waals surface area (Å²) in [6.07, 6.45) is 0.250. The zero-order valence-electron chi connectivity index (χ0n) is 12.9. The van der Waals surface area contributed by atoms with Crippen LogP contribution in [0.25, 0.3) is 0 Å². The van der Waals surface area contributed by atoms with Gasteiger partial charge >= 0.3 is 5.97 Å². The number of carbonyl (C=O) groups is 2. The lowest BCUT2D eigenvalue weighted by Gasteiger charge is -2.24. The molecule has 0 saturated heterocycles. The largest absolute Gasteiger partial charge is 0.481 e. The molecule has 0 spiro atoms. The molecular formula is C16H19FN2O4. The molecule has 1 N–H and O–H groups in total. The van der Waals surface area contributed by atoms with Crippen LogP contribution in [-0.4, -0.2) is 40.2 Å². The summed E-state index contributed by atoms with van der Waals surface area (Å²) in [5.41, 5.74) is 1.53. The third-order valence-corrected chi connectivity index (χ3v) is 3.61. The molecule has 1 unspecified atom stereocenters. The summed E-state index contributed by atoms with van der Waals surface area (Å²) >= 11 is 0. The van der Waals surface area contributed by atoms with Crippen LogP contribution < -0.4 is 0 Å². The van der Waals surface area contributed by atoms with Crippen LogP contribution in [0.1, 0.15) is 31.7 Å². The van der Waals surface area contributed by atoms with Gasteiger partial charge in [0.25, 0.3) is 5.91 Å². The molecule has 0 aliphatic carbocycles. The van der Waals surface area contributed by atoms with Gasteiger partial charge in [-0.2, -0.15) is 0 Å². The van der Waals surface area contributed by atoms with Gasteiger partial charge < -0.3 is 14.8 Å². The predicted octanol–water partition coefficient (Wildman–Crippen LogP) is 2.18. The van der Waals surface area contributed by atoms with Crippen LogP contribution in [0.2, 0.25) is 0 Å². The number of oxime groups is 1. The molecule has 6 nitrogen and oxygen atoms in total. The maximum Gasteiger partial charge on any atom is 0.305 e. The molecule has 7 heteroatoms. The van der Waals surface area contributed by atoms with E-state index in [0.717, 1.165) is 11.3 Å². The van der Waals surface area contributed by atoms with Crippen LogP contribution in [0.3, 0.4) is 0 Å². The average Bonchev–Trinajstić information content (AvgIpc) is 3.01. The molecule has 1 amide bonds. The highest BCUT2D eigenvalue weighted by Gasteiger charge is 2.31. The quantitative estimate of drug-likeness (QED) is 0.834. The van der Waals surface area contributed by atoms with Gasteiger partial charge in [0, 0.05) is 19.5 Å². The minimum absolute atomic E-state index is 0.0624. The number of nitrogens with zero attached hydrogens (tertiary/aromatic N) is 2. The first-order valence-corrected chi connectivity index (χ1v) is 7.46. The maximum atomic E-state index is 13.0. The van der Waals surface area contributed by atoms with Crippen LogP contribution in [0, 0.1) is 5.82 Å². The van der Waals surface area contributed by atoms with Crippen LogP contribution in [0.5, 0.6) is 0 Å². The van der Waals surface area contributed by atoms with Gasteiger partial charge in [0.1, 0.15) is 5.82 Å². The van der Waals surface area contributed by atoms with Gasteiger partial charge in [-0.3, -0.25) is 9.59 Å². The lowest BCUT2D eigenvalue weighted by atomic mass is 10.1. The van der Waals surface area contributed by atoms with Gasteiger partial charge in [0.05, 0.1) is 12.1 Å². The van der Waals surface area contributed by atoms with E-state index >= 15 is 0 Å². The standard InChI is InChI=1S/C16H19FN2O4/c1-2-13-9-14(23-18-13)16(22)19(8-7-15(20)21)10-11-3-5-12(17)6-4-11/h3-6,14H,2,7-10H2,1H3,(H,20,21). The van der Waals surface area contributed by atoms with Gasteiger partial charge in [0.15, 0.2) is 0 Å². The second kappa shape index (κ2) is 7.71. The number of carboxylic acids is 1. The predicted molar refractivity (Wildman–Crippen MR) is 81.3 cm³/mol. The third-order valence-electron chi connectivity index (χ3n) is 3.61. The highest BCUT2D eigenvalue weighted by atomic mass is 19.1. The van der Waals surface area contributed by atoms with Gasteiger partial charge in [-0.1, -0.05) is 24.2 Å². The van der Waals surface area contributed by atoms with E-state index in [1.165, 1.54) is 17.0 Å². The van der Waals surface area contributed by atoms with Crippen molar-refractivity contribution in [2.75, 3.05) is 6.54 Å². The van der Waals surface area contributed by atoms with E-state index in [2.05, 4.69) is 5.16 Å². The van der Waals surface area contributed by atoms with Gasteiger partial charge in [-0.25, -0.2) is 4.39 Å². The SMILES string of the molecule is CCC1=NOC(C(=O)N(CCC(=O)O)Cc2ccc(F)cc2)C1.